The van der Waals surface area contributed by atoms with Crippen molar-refractivity contribution in [2.24, 2.45) is 5.84 Å². The predicted molar refractivity (Wildman–Crippen MR) is 82.9 cm³/mol. The van der Waals surface area contributed by atoms with E-state index in [1.165, 1.54) is 0 Å². The van der Waals surface area contributed by atoms with Crippen LogP contribution in [0.2, 0.25) is 0 Å². The zero-order valence-corrected chi connectivity index (χ0v) is 12.8. The molecule has 5 heteroatoms. The van der Waals surface area contributed by atoms with Crippen molar-refractivity contribution >= 4 is 0 Å². The van der Waals surface area contributed by atoms with Crippen molar-refractivity contribution in [2.75, 3.05) is 6.61 Å². The van der Waals surface area contributed by atoms with Gasteiger partial charge in [0.25, 0.3) is 0 Å². The van der Waals surface area contributed by atoms with Gasteiger partial charge < -0.3 is 4.74 Å². The van der Waals surface area contributed by atoms with E-state index in [0.717, 1.165) is 34.7 Å². The Kier molecular flexibility index (Phi) is 5.25. The van der Waals surface area contributed by atoms with E-state index in [1.54, 1.807) is 12.4 Å². The average Bonchev–Trinajstić information content (AvgIpc) is 2.45. The number of pyridine rings is 2. The fraction of sp³-hybridized carbons (Fsp3) is 0.375. The predicted octanol–water partition coefficient (Wildman–Crippen LogP) is 2.43. The zero-order valence-electron chi connectivity index (χ0n) is 12.8. The summed E-state index contributed by atoms with van der Waals surface area (Å²) in [6.07, 6.45) is 4.48. The molecule has 0 bridgehead atoms. The van der Waals surface area contributed by atoms with Gasteiger partial charge in [-0.3, -0.25) is 15.8 Å². The van der Waals surface area contributed by atoms with E-state index >= 15 is 0 Å². The quantitative estimate of drug-likeness (QED) is 0.630. The van der Waals surface area contributed by atoms with E-state index in [9.17, 15) is 0 Å². The Hall–Kier alpha value is -1.98. The Bertz CT molecular complexity index is 580. The molecule has 3 N–H and O–H groups in total. The van der Waals surface area contributed by atoms with Crippen LogP contribution in [0, 0.1) is 13.8 Å². The van der Waals surface area contributed by atoms with Crippen molar-refractivity contribution in [3.05, 3.63) is 53.1 Å². The van der Waals surface area contributed by atoms with Crippen LogP contribution >= 0.6 is 0 Å². The molecule has 2 aromatic rings. The first-order valence-electron chi connectivity index (χ1n) is 7.13. The Morgan fingerprint density at radius 2 is 1.86 bits per heavy atom. The topological polar surface area (TPSA) is 73.1 Å². The molecular formula is C16H22N4O. The lowest BCUT2D eigenvalue weighted by molar-refractivity contribution is 0.315. The Morgan fingerprint density at radius 1 is 1.14 bits per heavy atom. The number of rotatable bonds is 6. The second-order valence-corrected chi connectivity index (χ2v) is 5.09. The van der Waals surface area contributed by atoms with Crippen LogP contribution in [0.4, 0.5) is 0 Å². The highest BCUT2D eigenvalue weighted by Crippen LogP contribution is 2.24. The monoisotopic (exact) mass is 286 g/mol. The lowest BCUT2D eigenvalue weighted by atomic mass is 10.00. The molecule has 5 nitrogen and oxygen atoms in total. The fourth-order valence-electron chi connectivity index (χ4n) is 2.31. The van der Waals surface area contributed by atoms with Crippen molar-refractivity contribution < 1.29 is 4.74 Å². The molecule has 0 aliphatic rings. The van der Waals surface area contributed by atoms with E-state index in [0.29, 0.717) is 6.61 Å². The number of hydrogen-bond donors (Lipinski definition) is 2. The highest BCUT2D eigenvalue weighted by molar-refractivity contribution is 5.35. The van der Waals surface area contributed by atoms with Gasteiger partial charge >= 0.3 is 0 Å². The molecule has 21 heavy (non-hydrogen) atoms. The van der Waals surface area contributed by atoms with E-state index < -0.39 is 0 Å². The van der Waals surface area contributed by atoms with Crippen molar-refractivity contribution in [3.63, 3.8) is 0 Å². The molecule has 112 valence electrons. The summed E-state index contributed by atoms with van der Waals surface area (Å²) in [6.45, 7) is 6.70. The molecule has 0 aliphatic heterocycles. The van der Waals surface area contributed by atoms with Crippen LogP contribution in [0.1, 0.15) is 41.9 Å². The SMILES string of the molecule is CCCOc1cncc(C(NN)c2cc(C)nc(C)c2)c1. The van der Waals surface area contributed by atoms with Crippen LogP contribution in [-0.2, 0) is 0 Å². The molecule has 0 saturated carbocycles. The molecule has 2 heterocycles. The van der Waals surface area contributed by atoms with Crippen LogP contribution in [0.3, 0.4) is 0 Å². The molecule has 2 aromatic heterocycles. The molecule has 0 aromatic carbocycles. The minimum atomic E-state index is -0.136. The number of hydrogen-bond acceptors (Lipinski definition) is 5. The highest BCUT2D eigenvalue weighted by Gasteiger charge is 2.15. The molecule has 0 aliphatic carbocycles. The van der Waals surface area contributed by atoms with Gasteiger partial charge in [0.15, 0.2) is 0 Å². The summed E-state index contributed by atoms with van der Waals surface area (Å²) in [5.41, 5.74) is 6.82. The number of hydrazine groups is 1. The number of aromatic nitrogens is 2. The lowest BCUT2D eigenvalue weighted by Gasteiger charge is -2.18. The number of aryl methyl sites for hydroxylation is 2. The molecule has 0 saturated heterocycles. The second kappa shape index (κ2) is 7.15. The first kappa shape index (κ1) is 15.4. The van der Waals surface area contributed by atoms with Gasteiger partial charge in [0.05, 0.1) is 18.8 Å². The molecule has 2 rings (SSSR count). The summed E-state index contributed by atoms with van der Waals surface area (Å²) in [4.78, 5) is 8.63. The summed E-state index contributed by atoms with van der Waals surface area (Å²) in [5.74, 6) is 6.51. The maximum absolute atomic E-state index is 5.75. The molecule has 1 unspecified atom stereocenters. The van der Waals surface area contributed by atoms with E-state index in [2.05, 4.69) is 22.3 Å². The van der Waals surface area contributed by atoms with Crippen LogP contribution in [0.25, 0.3) is 0 Å². The van der Waals surface area contributed by atoms with Gasteiger partial charge in [-0.25, -0.2) is 5.43 Å². The highest BCUT2D eigenvalue weighted by atomic mass is 16.5. The van der Waals surface area contributed by atoms with E-state index in [4.69, 9.17) is 10.6 Å². The smallest absolute Gasteiger partial charge is 0.137 e. The van der Waals surface area contributed by atoms with Crippen molar-refractivity contribution in [1.82, 2.24) is 15.4 Å². The fourth-order valence-corrected chi connectivity index (χ4v) is 2.31. The Morgan fingerprint density at radius 3 is 2.48 bits per heavy atom. The maximum Gasteiger partial charge on any atom is 0.137 e. The standard InChI is InChI=1S/C16H22N4O/c1-4-5-21-15-8-14(9-18-10-15)16(20-17)13-6-11(2)19-12(3)7-13/h6-10,16,20H,4-5,17H2,1-3H3. The van der Waals surface area contributed by atoms with Gasteiger partial charge in [-0.1, -0.05) is 6.92 Å². The molecule has 0 amide bonds. The summed E-state index contributed by atoms with van der Waals surface area (Å²) in [7, 11) is 0. The van der Waals surface area contributed by atoms with Crippen LogP contribution < -0.4 is 16.0 Å². The summed E-state index contributed by atoms with van der Waals surface area (Å²) in [5, 5.41) is 0. The second-order valence-electron chi connectivity index (χ2n) is 5.09. The minimum absolute atomic E-state index is 0.136. The third-order valence-electron chi connectivity index (χ3n) is 3.14. The van der Waals surface area contributed by atoms with Gasteiger partial charge in [-0.05, 0) is 49.6 Å². The molecule has 0 radical (unpaired) electrons. The van der Waals surface area contributed by atoms with Crippen LogP contribution in [-0.4, -0.2) is 16.6 Å². The first-order valence-corrected chi connectivity index (χ1v) is 7.13. The first-order chi connectivity index (χ1) is 10.1. The summed E-state index contributed by atoms with van der Waals surface area (Å²) in [6, 6.07) is 5.88. The minimum Gasteiger partial charge on any atom is -0.492 e. The normalized spacial score (nSPS) is 12.2. The van der Waals surface area contributed by atoms with Crippen molar-refractivity contribution in [3.8, 4) is 5.75 Å². The number of nitrogens with one attached hydrogen (secondary N) is 1. The van der Waals surface area contributed by atoms with Gasteiger partial charge in [0.2, 0.25) is 0 Å². The Labute approximate surface area is 125 Å². The number of nitrogens with zero attached hydrogens (tertiary/aromatic N) is 2. The maximum atomic E-state index is 5.75. The third kappa shape index (κ3) is 4.00. The zero-order chi connectivity index (χ0) is 15.2. The molecule has 1 atom stereocenters. The average molecular weight is 286 g/mol. The largest absolute Gasteiger partial charge is 0.492 e. The van der Waals surface area contributed by atoms with Gasteiger partial charge in [0, 0.05) is 17.6 Å². The van der Waals surface area contributed by atoms with Gasteiger partial charge in [-0.15, -0.1) is 0 Å². The molecular weight excluding hydrogens is 264 g/mol. The lowest BCUT2D eigenvalue weighted by Crippen LogP contribution is -2.29. The van der Waals surface area contributed by atoms with E-state index in [1.807, 2.05) is 32.0 Å². The van der Waals surface area contributed by atoms with E-state index in [-0.39, 0.29) is 6.04 Å². The van der Waals surface area contributed by atoms with Crippen LogP contribution in [0.15, 0.2) is 30.6 Å². The van der Waals surface area contributed by atoms with Gasteiger partial charge in [0.1, 0.15) is 5.75 Å². The summed E-state index contributed by atoms with van der Waals surface area (Å²) >= 11 is 0. The molecule has 0 spiro atoms. The third-order valence-corrected chi connectivity index (χ3v) is 3.14. The number of nitrogens with two attached hydrogens (primary N) is 1. The van der Waals surface area contributed by atoms with Gasteiger partial charge in [-0.2, -0.15) is 0 Å². The van der Waals surface area contributed by atoms with Crippen molar-refractivity contribution in [2.45, 2.75) is 33.2 Å². The number of ether oxygens (including phenoxy) is 1. The summed E-state index contributed by atoms with van der Waals surface area (Å²) < 4.78 is 5.63. The Balaban J connectivity index is 2.32. The molecule has 0 fully saturated rings. The van der Waals surface area contributed by atoms with Crippen molar-refractivity contribution in [1.29, 1.82) is 0 Å². The van der Waals surface area contributed by atoms with Crippen LogP contribution in [0.5, 0.6) is 5.75 Å².